The number of aliphatic imine (C=N–C) groups is 1. The third-order valence-electron chi connectivity index (χ3n) is 4.08. The molecule has 25 heavy (non-hydrogen) atoms. The number of aryl methyl sites for hydroxylation is 1. The Hall–Kier alpha value is -1.91. The molecule has 1 aliphatic heterocycles. The number of para-hydroxylation sites is 1. The second-order valence-electron chi connectivity index (χ2n) is 5.68. The van der Waals surface area contributed by atoms with Gasteiger partial charge in [0.15, 0.2) is 5.96 Å². The molecule has 2 heterocycles. The second kappa shape index (κ2) is 9.54. The molecule has 0 unspecified atom stereocenters. The standard InChI is InChI=1S/C16H22FN7.HI/c17-14-4-1-2-5-15(14)22-8-10-23(11-9-22)16(18)20-6-3-7-24-13-19-12-21-24;/h1-2,4-5,12-13H,3,6-11H2,(H2,18,20);1H. The van der Waals surface area contributed by atoms with Crippen LogP contribution in [-0.2, 0) is 6.54 Å². The first-order valence-electron chi connectivity index (χ1n) is 8.11. The lowest BCUT2D eigenvalue weighted by Gasteiger charge is -2.36. The summed E-state index contributed by atoms with van der Waals surface area (Å²) < 4.78 is 15.6. The molecule has 7 nitrogen and oxygen atoms in total. The Kier molecular flexibility index (Phi) is 7.41. The first kappa shape index (κ1) is 19.4. The maximum absolute atomic E-state index is 13.8. The molecule has 0 saturated carbocycles. The Balaban J connectivity index is 0.00000225. The molecule has 0 atom stereocenters. The van der Waals surface area contributed by atoms with Crippen LogP contribution in [0.5, 0.6) is 0 Å². The highest BCUT2D eigenvalue weighted by molar-refractivity contribution is 14.0. The molecule has 0 aliphatic carbocycles. The van der Waals surface area contributed by atoms with E-state index in [1.54, 1.807) is 17.1 Å². The highest BCUT2D eigenvalue weighted by Crippen LogP contribution is 2.19. The fourth-order valence-corrected chi connectivity index (χ4v) is 2.76. The minimum atomic E-state index is -0.180. The molecule has 1 fully saturated rings. The van der Waals surface area contributed by atoms with E-state index in [4.69, 9.17) is 5.73 Å². The van der Waals surface area contributed by atoms with Crippen molar-refractivity contribution in [3.8, 4) is 0 Å². The van der Waals surface area contributed by atoms with Crippen LogP contribution in [0.4, 0.5) is 10.1 Å². The van der Waals surface area contributed by atoms with Crippen LogP contribution in [0.1, 0.15) is 6.42 Å². The summed E-state index contributed by atoms with van der Waals surface area (Å²) in [6.07, 6.45) is 4.07. The van der Waals surface area contributed by atoms with E-state index in [1.165, 1.54) is 12.4 Å². The van der Waals surface area contributed by atoms with Gasteiger partial charge in [-0.05, 0) is 18.6 Å². The molecule has 1 aromatic carbocycles. The van der Waals surface area contributed by atoms with Gasteiger partial charge < -0.3 is 15.5 Å². The number of rotatable bonds is 5. The second-order valence-corrected chi connectivity index (χ2v) is 5.68. The van der Waals surface area contributed by atoms with Gasteiger partial charge >= 0.3 is 0 Å². The zero-order valence-electron chi connectivity index (χ0n) is 14.0. The Morgan fingerprint density at radius 2 is 1.96 bits per heavy atom. The fourth-order valence-electron chi connectivity index (χ4n) is 2.76. The van der Waals surface area contributed by atoms with Crippen molar-refractivity contribution in [3.05, 3.63) is 42.7 Å². The lowest BCUT2D eigenvalue weighted by Crippen LogP contribution is -2.51. The molecule has 0 amide bonds. The van der Waals surface area contributed by atoms with Crippen LogP contribution in [0.25, 0.3) is 0 Å². The van der Waals surface area contributed by atoms with Gasteiger partial charge in [-0.15, -0.1) is 24.0 Å². The van der Waals surface area contributed by atoms with Crippen molar-refractivity contribution in [1.29, 1.82) is 0 Å². The molecule has 2 N–H and O–H groups in total. The van der Waals surface area contributed by atoms with E-state index in [1.807, 2.05) is 21.9 Å². The number of nitrogens with two attached hydrogens (primary N) is 1. The lowest BCUT2D eigenvalue weighted by atomic mass is 10.2. The maximum Gasteiger partial charge on any atom is 0.191 e. The van der Waals surface area contributed by atoms with E-state index < -0.39 is 0 Å². The summed E-state index contributed by atoms with van der Waals surface area (Å²) in [5.41, 5.74) is 6.72. The Morgan fingerprint density at radius 1 is 1.20 bits per heavy atom. The van der Waals surface area contributed by atoms with Crippen molar-refractivity contribution in [2.24, 2.45) is 10.7 Å². The van der Waals surface area contributed by atoms with E-state index in [0.717, 1.165) is 39.1 Å². The smallest absolute Gasteiger partial charge is 0.191 e. The molecule has 3 rings (SSSR count). The SMILES string of the molecule is I.NC(=NCCCn1cncn1)N1CCN(c2ccccc2F)CC1. The molecule has 0 bridgehead atoms. The summed E-state index contributed by atoms with van der Waals surface area (Å²) in [6, 6.07) is 6.87. The average molecular weight is 459 g/mol. The zero-order chi connectivity index (χ0) is 16.8. The number of guanidine groups is 1. The molecular formula is C16H23FIN7. The predicted octanol–water partition coefficient (Wildman–Crippen LogP) is 1.56. The molecule has 9 heteroatoms. The third kappa shape index (κ3) is 5.28. The summed E-state index contributed by atoms with van der Waals surface area (Å²) in [4.78, 5) is 12.4. The fraction of sp³-hybridized carbons (Fsp3) is 0.438. The summed E-state index contributed by atoms with van der Waals surface area (Å²) in [5.74, 6) is 0.377. The van der Waals surface area contributed by atoms with E-state index in [2.05, 4.69) is 15.1 Å². The van der Waals surface area contributed by atoms with Crippen molar-refractivity contribution in [2.45, 2.75) is 13.0 Å². The summed E-state index contributed by atoms with van der Waals surface area (Å²) in [5, 5.41) is 4.05. The number of hydrogen-bond donors (Lipinski definition) is 1. The van der Waals surface area contributed by atoms with E-state index in [9.17, 15) is 4.39 Å². The highest BCUT2D eigenvalue weighted by Gasteiger charge is 2.20. The topological polar surface area (TPSA) is 75.6 Å². The Morgan fingerprint density at radius 3 is 2.64 bits per heavy atom. The van der Waals surface area contributed by atoms with Crippen LogP contribution < -0.4 is 10.6 Å². The van der Waals surface area contributed by atoms with Gasteiger partial charge in [0.05, 0.1) is 5.69 Å². The predicted molar refractivity (Wildman–Crippen MR) is 107 cm³/mol. The molecule has 1 saturated heterocycles. The monoisotopic (exact) mass is 459 g/mol. The van der Waals surface area contributed by atoms with Gasteiger partial charge in [0.1, 0.15) is 18.5 Å². The van der Waals surface area contributed by atoms with Crippen LogP contribution in [-0.4, -0.2) is 58.3 Å². The van der Waals surface area contributed by atoms with Crippen molar-refractivity contribution in [1.82, 2.24) is 19.7 Å². The van der Waals surface area contributed by atoms with Gasteiger partial charge in [0.2, 0.25) is 0 Å². The Labute approximate surface area is 163 Å². The van der Waals surface area contributed by atoms with Crippen molar-refractivity contribution >= 4 is 35.6 Å². The molecule has 0 radical (unpaired) electrons. The van der Waals surface area contributed by atoms with Crippen LogP contribution in [0.3, 0.4) is 0 Å². The normalized spacial score (nSPS) is 15.2. The Bertz CT molecular complexity index is 669. The van der Waals surface area contributed by atoms with Crippen molar-refractivity contribution < 1.29 is 4.39 Å². The maximum atomic E-state index is 13.8. The molecule has 0 spiro atoms. The van der Waals surface area contributed by atoms with E-state index in [-0.39, 0.29) is 29.8 Å². The quantitative estimate of drug-likeness (QED) is 0.318. The average Bonchev–Trinajstić information content (AvgIpc) is 3.13. The van der Waals surface area contributed by atoms with Gasteiger partial charge in [-0.1, -0.05) is 12.1 Å². The highest BCUT2D eigenvalue weighted by atomic mass is 127. The molecule has 1 aromatic heterocycles. The molecule has 2 aromatic rings. The van der Waals surface area contributed by atoms with Crippen LogP contribution in [0, 0.1) is 5.82 Å². The van der Waals surface area contributed by atoms with Gasteiger partial charge in [-0.2, -0.15) is 5.10 Å². The zero-order valence-corrected chi connectivity index (χ0v) is 16.3. The van der Waals surface area contributed by atoms with Gasteiger partial charge in [0.25, 0.3) is 0 Å². The molecule has 136 valence electrons. The van der Waals surface area contributed by atoms with E-state index in [0.29, 0.717) is 18.2 Å². The van der Waals surface area contributed by atoms with Crippen LogP contribution >= 0.6 is 24.0 Å². The number of anilines is 1. The first-order valence-corrected chi connectivity index (χ1v) is 8.11. The number of nitrogens with zero attached hydrogens (tertiary/aromatic N) is 6. The largest absolute Gasteiger partial charge is 0.370 e. The van der Waals surface area contributed by atoms with Crippen molar-refractivity contribution in [2.75, 3.05) is 37.6 Å². The van der Waals surface area contributed by atoms with Crippen LogP contribution in [0.15, 0.2) is 41.9 Å². The minimum absolute atomic E-state index is 0. The number of halogens is 2. The number of aromatic nitrogens is 3. The summed E-state index contributed by atoms with van der Waals surface area (Å²) in [6.45, 7) is 4.38. The number of benzene rings is 1. The van der Waals surface area contributed by atoms with Gasteiger partial charge in [0, 0.05) is 39.3 Å². The summed E-state index contributed by atoms with van der Waals surface area (Å²) >= 11 is 0. The van der Waals surface area contributed by atoms with Gasteiger partial charge in [-0.3, -0.25) is 9.67 Å². The molecular weight excluding hydrogens is 436 g/mol. The van der Waals surface area contributed by atoms with Crippen molar-refractivity contribution in [3.63, 3.8) is 0 Å². The number of hydrogen-bond acceptors (Lipinski definition) is 4. The van der Waals surface area contributed by atoms with Crippen LogP contribution in [0.2, 0.25) is 0 Å². The molecule has 1 aliphatic rings. The van der Waals surface area contributed by atoms with Gasteiger partial charge in [-0.25, -0.2) is 9.37 Å². The lowest BCUT2D eigenvalue weighted by molar-refractivity contribution is 0.378. The van der Waals surface area contributed by atoms with E-state index >= 15 is 0 Å². The minimum Gasteiger partial charge on any atom is -0.370 e. The first-order chi connectivity index (χ1) is 11.7. The number of piperazine rings is 1. The third-order valence-corrected chi connectivity index (χ3v) is 4.08. The summed E-state index contributed by atoms with van der Waals surface area (Å²) in [7, 11) is 0.